The van der Waals surface area contributed by atoms with Crippen molar-refractivity contribution in [2.45, 2.75) is 26.5 Å². The van der Waals surface area contributed by atoms with E-state index in [-0.39, 0.29) is 23.5 Å². The van der Waals surface area contributed by atoms with E-state index in [1.165, 1.54) is 6.20 Å². The molecule has 2 heterocycles. The fraction of sp³-hybridized carbons (Fsp3) is 0.167. The van der Waals surface area contributed by atoms with E-state index < -0.39 is 5.91 Å². The fourth-order valence-electron chi connectivity index (χ4n) is 3.45. The molecule has 0 bridgehead atoms. The van der Waals surface area contributed by atoms with Crippen molar-refractivity contribution in [3.05, 3.63) is 82.5 Å². The number of nitrogens with two attached hydrogens (primary N) is 1. The lowest BCUT2D eigenvalue weighted by Crippen LogP contribution is -2.15. The van der Waals surface area contributed by atoms with Gasteiger partial charge in [0.25, 0.3) is 11.8 Å². The Kier molecular flexibility index (Phi) is 5.59. The van der Waals surface area contributed by atoms with Crippen LogP contribution in [0.3, 0.4) is 0 Å². The van der Waals surface area contributed by atoms with E-state index in [0.717, 1.165) is 5.56 Å². The number of hydrogen-bond donors (Lipinski definition) is 4. The van der Waals surface area contributed by atoms with Gasteiger partial charge in [0.1, 0.15) is 11.6 Å². The van der Waals surface area contributed by atoms with Crippen molar-refractivity contribution in [1.29, 1.82) is 5.41 Å². The Hall–Kier alpha value is -4.20. The molecule has 2 aromatic carbocycles. The molecule has 0 unspecified atom stereocenters. The first-order valence-electron chi connectivity index (χ1n) is 10.2. The Morgan fingerprint density at radius 1 is 1.16 bits per heavy atom. The number of nitrogens with zero attached hydrogens (tertiary/aromatic N) is 1. The molecular weight excluding hydrogens is 406 g/mol. The molecule has 0 saturated heterocycles. The largest absolute Gasteiger partial charge is 0.491 e. The Labute approximate surface area is 185 Å². The second-order valence-electron chi connectivity index (χ2n) is 7.73. The summed E-state index contributed by atoms with van der Waals surface area (Å²) < 4.78 is 5.71. The Balaban J connectivity index is 1.55. The van der Waals surface area contributed by atoms with Gasteiger partial charge in [-0.3, -0.25) is 15.0 Å². The number of pyridine rings is 1. The second kappa shape index (κ2) is 8.50. The van der Waals surface area contributed by atoms with Gasteiger partial charge in [0.05, 0.1) is 11.8 Å². The molecule has 4 rings (SSSR count). The molecule has 0 aliphatic carbocycles. The van der Waals surface area contributed by atoms with Crippen LogP contribution in [0.15, 0.2) is 54.7 Å². The van der Waals surface area contributed by atoms with Gasteiger partial charge in [-0.15, -0.1) is 0 Å². The highest BCUT2D eigenvalue weighted by atomic mass is 16.5. The number of carbonyl (C=O) groups excluding carboxylic acids is 2. The molecular formula is C24H23N5O3. The van der Waals surface area contributed by atoms with Gasteiger partial charge in [0, 0.05) is 40.7 Å². The predicted octanol–water partition coefficient (Wildman–Crippen LogP) is 3.36. The van der Waals surface area contributed by atoms with Gasteiger partial charge in [0.2, 0.25) is 0 Å². The lowest BCUT2D eigenvalue weighted by atomic mass is 10.0. The minimum Gasteiger partial charge on any atom is -0.491 e. The summed E-state index contributed by atoms with van der Waals surface area (Å²) in [6, 6.07) is 13.5. The summed E-state index contributed by atoms with van der Waals surface area (Å²) in [6.07, 6.45) is 1.51. The van der Waals surface area contributed by atoms with Gasteiger partial charge in [0.15, 0.2) is 0 Å². The van der Waals surface area contributed by atoms with E-state index >= 15 is 0 Å². The number of hydrogen-bond acceptors (Lipinski definition) is 6. The maximum atomic E-state index is 12.7. The minimum absolute atomic E-state index is 0.00584. The first-order valence-corrected chi connectivity index (χ1v) is 10.2. The van der Waals surface area contributed by atoms with Crippen molar-refractivity contribution in [2.75, 3.05) is 11.1 Å². The molecule has 8 nitrogen and oxygen atoms in total. The summed E-state index contributed by atoms with van der Waals surface area (Å²) >= 11 is 0. The molecule has 0 radical (unpaired) electrons. The van der Waals surface area contributed by atoms with Crippen LogP contribution in [-0.4, -0.2) is 28.6 Å². The third kappa shape index (κ3) is 4.29. The van der Waals surface area contributed by atoms with Gasteiger partial charge in [-0.25, -0.2) is 4.98 Å². The number of benzene rings is 2. The fourth-order valence-corrected chi connectivity index (χ4v) is 3.45. The average Bonchev–Trinajstić information content (AvgIpc) is 3.14. The number of fused-ring (bicyclic) bond motifs is 1. The average molecular weight is 429 g/mol. The molecule has 0 saturated carbocycles. The van der Waals surface area contributed by atoms with Gasteiger partial charge >= 0.3 is 0 Å². The van der Waals surface area contributed by atoms with Gasteiger partial charge in [-0.05, 0) is 61.9 Å². The maximum absolute atomic E-state index is 12.7. The van der Waals surface area contributed by atoms with E-state index in [4.69, 9.17) is 15.9 Å². The van der Waals surface area contributed by atoms with Crippen LogP contribution in [0.4, 0.5) is 11.5 Å². The van der Waals surface area contributed by atoms with E-state index in [2.05, 4.69) is 15.6 Å². The highest BCUT2D eigenvalue weighted by Crippen LogP contribution is 2.24. The minimum atomic E-state index is -0.393. The summed E-state index contributed by atoms with van der Waals surface area (Å²) in [5, 5.41) is 14.1. The Morgan fingerprint density at radius 2 is 1.97 bits per heavy atom. The number of anilines is 2. The summed E-state index contributed by atoms with van der Waals surface area (Å²) in [5.74, 6) is 0.326. The molecule has 32 heavy (non-hydrogen) atoms. The summed E-state index contributed by atoms with van der Waals surface area (Å²) in [4.78, 5) is 28.7. The number of aromatic nitrogens is 1. The number of nitrogens with one attached hydrogen (secondary N) is 3. The third-order valence-electron chi connectivity index (χ3n) is 5.01. The maximum Gasteiger partial charge on any atom is 0.256 e. The predicted molar refractivity (Wildman–Crippen MR) is 122 cm³/mol. The van der Waals surface area contributed by atoms with Crippen LogP contribution in [0.5, 0.6) is 5.75 Å². The number of rotatable bonds is 6. The first kappa shape index (κ1) is 21.0. The van der Waals surface area contributed by atoms with Crippen molar-refractivity contribution >= 4 is 29.0 Å². The monoisotopic (exact) mass is 429 g/mol. The van der Waals surface area contributed by atoms with E-state index in [0.29, 0.717) is 40.2 Å². The van der Waals surface area contributed by atoms with Crippen LogP contribution in [0.2, 0.25) is 0 Å². The molecule has 1 aliphatic heterocycles. The molecule has 0 atom stereocenters. The third-order valence-corrected chi connectivity index (χ3v) is 5.01. The van der Waals surface area contributed by atoms with Gasteiger partial charge < -0.3 is 21.1 Å². The van der Waals surface area contributed by atoms with Crippen LogP contribution in [0, 0.1) is 5.41 Å². The molecule has 2 amide bonds. The quantitative estimate of drug-likeness (QED) is 0.353. The number of nitrogen functional groups attached to an aromatic ring is 1. The van der Waals surface area contributed by atoms with Crippen molar-refractivity contribution in [3.63, 3.8) is 0 Å². The SMILES string of the molecule is CC(C)Oc1ccc(N)c(C(=N)c2ccnc(NC(=O)c3ccc4c(c3)C(=O)NC4)c2)c1. The van der Waals surface area contributed by atoms with Crippen molar-refractivity contribution in [3.8, 4) is 5.75 Å². The topological polar surface area (TPSA) is 130 Å². The van der Waals surface area contributed by atoms with Crippen LogP contribution < -0.4 is 21.1 Å². The molecule has 1 aliphatic rings. The van der Waals surface area contributed by atoms with Crippen molar-refractivity contribution < 1.29 is 14.3 Å². The highest BCUT2D eigenvalue weighted by Gasteiger charge is 2.20. The van der Waals surface area contributed by atoms with Crippen LogP contribution >= 0.6 is 0 Å². The number of amides is 2. The first-order chi connectivity index (χ1) is 15.3. The molecule has 5 N–H and O–H groups in total. The summed E-state index contributed by atoms with van der Waals surface area (Å²) in [5.41, 5.74) is 9.51. The second-order valence-corrected chi connectivity index (χ2v) is 7.73. The standard InChI is InChI=1S/C24H23N5O3/c1-13(2)32-17-5-6-20(25)19(11-17)22(26)14-7-8-27-21(10-14)29-23(30)15-3-4-16-12-28-24(31)18(16)9-15/h3-11,13,26H,12,25H2,1-2H3,(H,28,31)(H,27,29,30). The van der Waals surface area contributed by atoms with E-state index in [1.807, 2.05) is 13.8 Å². The zero-order valence-corrected chi connectivity index (χ0v) is 17.7. The lowest BCUT2D eigenvalue weighted by molar-refractivity contribution is 0.0965. The van der Waals surface area contributed by atoms with Crippen LogP contribution in [0.1, 0.15) is 51.3 Å². The normalized spacial score (nSPS) is 12.3. The van der Waals surface area contributed by atoms with Gasteiger partial charge in [-0.2, -0.15) is 0 Å². The molecule has 1 aromatic heterocycles. The number of ether oxygens (including phenoxy) is 1. The molecule has 3 aromatic rings. The zero-order chi connectivity index (χ0) is 22.8. The van der Waals surface area contributed by atoms with Crippen LogP contribution in [0.25, 0.3) is 0 Å². The van der Waals surface area contributed by atoms with E-state index in [1.54, 1.807) is 48.5 Å². The zero-order valence-electron chi connectivity index (χ0n) is 17.7. The summed E-state index contributed by atoms with van der Waals surface area (Å²) in [6.45, 7) is 4.31. The molecule has 8 heteroatoms. The lowest BCUT2D eigenvalue weighted by Gasteiger charge is -2.14. The molecule has 162 valence electrons. The smallest absolute Gasteiger partial charge is 0.256 e. The Morgan fingerprint density at radius 3 is 2.75 bits per heavy atom. The van der Waals surface area contributed by atoms with Crippen molar-refractivity contribution in [2.24, 2.45) is 0 Å². The molecule has 0 fully saturated rings. The molecule has 0 spiro atoms. The number of carbonyl (C=O) groups is 2. The summed E-state index contributed by atoms with van der Waals surface area (Å²) in [7, 11) is 0. The Bertz CT molecular complexity index is 1240. The van der Waals surface area contributed by atoms with Crippen LogP contribution in [-0.2, 0) is 6.54 Å². The van der Waals surface area contributed by atoms with Crippen molar-refractivity contribution in [1.82, 2.24) is 10.3 Å². The highest BCUT2D eigenvalue weighted by molar-refractivity contribution is 6.14. The van der Waals surface area contributed by atoms with E-state index in [9.17, 15) is 9.59 Å². The van der Waals surface area contributed by atoms with Gasteiger partial charge in [-0.1, -0.05) is 6.07 Å².